The smallest absolute Gasteiger partial charge is 0.159 e. The molecule has 0 aliphatic carbocycles. The highest BCUT2D eigenvalue weighted by atomic mass is 16.5. The van der Waals surface area contributed by atoms with Crippen molar-refractivity contribution in [2.24, 2.45) is 16.7 Å². The molecule has 1 heterocycles. The summed E-state index contributed by atoms with van der Waals surface area (Å²) >= 11 is 0. The van der Waals surface area contributed by atoms with Crippen molar-refractivity contribution in [1.29, 1.82) is 0 Å². The standard InChI is InChI=1S/C28H44N2O2/c1-22-20-29-26(30-21-22)23-12-14-25(15-13-23)32-18-9-8-16-31-17-10-11-24(28(5,6)7)19-27(2,3)4/h12-15,20-21,24H,8-11,16-19H2,1-7H3. The summed E-state index contributed by atoms with van der Waals surface area (Å²) in [5, 5.41) is 0. The average Bonchev–Trinajstić information content (AvgIpc) is 2.71. The molecule has 2 aromatic rings. The summed E-state index contributed by atoms with van der Waals surface area (Å²) in [6.07, 6.45) is 9.36. The van der Waals surface area contributed by atoms with Crippen LogP contribution in [0.3, 0.4) is 0 Å². The molecule has 0 saturated carbocycles. The lowest BCUT2D eigenvalue weighted by Gasteiger charge is -2.35. The van der Waals surface area contributed by atoms with Crippen molar-refractivity contribution < 1.29 is 9.47 Å². The van der Waals surface area contributed by atoms with Crippen LogP contribution in [0.1, 0.15) is 79.2 Å². The van der Waals surface area contributed by atoms with Crippen molar-refractivity contribution in [3.05, 3.63) is 42.2 Å². The van der Waals surface area contributed by atoms with Gasteiger partial charge in [-0.15, -0.1) is 0 Å². The number of ether oxygens (including phenoxy) is 2. The van der Waals surface area contributed by atoms with Crippen LogP contribution in [0.2, 0.25) is 0 Å². The molecule has 4 nitrogen and oxygen atoms in total. The highest BCUT2D eigenvalue weighted by molar-refractivity contribution is 5.55. The summed E-state index contributed by atoms with van der Waals surface area (Å²) in [5.74, 6) is 2.36. The predicted octanol–water partition coefficient (Wildman–Crippen LogP) is 7.51. The highest BCUT2D eigenvalue weighted by Crippen LogP contribution is 2.38. The number of rotatable bonds is 12. The number of hydrogen-bond donors (Lipinski definition) is 0. The van der Waals surface area contributed by atoms with Gasteiger partial charge in [-0.1, -0.05) is 41.5 Å². The van der Waals surface area contributed by atoms with E-state index in [0.717, 1.165) is 61.1 Å². The molecule has 178 valence electrons. The van der Waals surface area contributed by atoms with Crippen LogP contribution in [-0.4, -0.2) is 29.8 Å². The van der Waals surface area contributed by atoms with Gasteiger partial charge in [-0.3, -0.25) is 0 Å². The maximum atomic E-state index is 5.88. The van der Waals surface area contributed by atoms with E-state index < -0.39 is 0 Å². The van der Waals surface area contributed by atoms with Crippen molar-refractivity contribution in [2.75, 3.05) is 19.8 Å². The Morgan fingerprint density at radius 1 is 0.812 bits per heavy atom. The first-order chi connectivity index (χ1) is 15.0. The summed E-state index contributed by atoms with van der Waals surface area (Å²) < 4.78 is 11.7. The molecule has 0 spiro atoms. The molecule has 2 rings (SSSR count). The van der Waals surface area contributed by atoms with Crippen molar-refractivity contribution in [3.8, 4) is 17.1 Å². The zero-order valence-corrected chi connectivity index (χ0v) is 21.4. The fourth-order valence-electron chi connectivity index (χ4n) is 3.85. The lowest BCUT2D eigenvalue weighted by Crippen LogP contribution is -2.26. The summed E-state index contributed by atoms with van der Waals surface area (Å²) in [6.45, 7) is 18.5. The van der Waals surface area contributed by atoms with Crippen LogP contribution >= 0.6 is 0 Å². The van der Waals surface area contributed by atoms with Crippen molar-refractivity contribution in [1.82, 2.24) is 9.97 Å². The lowest BCUT2D eigenvalue weighted by molar-refractivity contribution is 0.100. The number of benzene rings is 1. The third-order valence-electron chi connectivity index (χ3n) is 5.77. The molecular weight excluding hydrogens is 396 g/mol. The zero-order chi connectivity index (χ0) is 23.6. The molecule has 0 amide bonds. The molecular formula is C28H44N2O2. The van der Waals surface area contributed by atoms with E-state index in [4.69, 9.17) is 9.47 Å². The molecule has 1 unspecified atom stereocenters. The second-order valence-electron chi connectivity index (χ2n) is 11.2. The van der Waals surface area contributed by atoms with Gasteiger partial charge in [-0.05, 0) is 85.6 Å². The van der Waals surface area contributed by atoms with Crippen LogP contribution < -0.4 is 4.74 Å². The van der Waals surface area contributed by atoms with Gasteiger partial charge in [-0.2, -0.15) is 0 Å². The number of hydrogen-bond acceptors (Lipinski definition) is 4. The molecule has 1 atom stereocenters. The molecule has 0 N–H and O–H groups in total. The molecule has 0 bridgehead atoms. The van der Waals surface area contributed by atoms with Gasteiger partial charge in [0.1, 0.15) is 5.75 Å². The van der Waals surface area contributed by atoms with Gasteiger partial charge in [0.05, 0.1) is 6.61 Å². The van der Waals surface area contributed by atoms with E-state index in [1.165, 1.54) is 12.8 Å². The van der Waals surface area contributed by atoms with E-state index in [0.29, 0.717) is 17.4 Å². The van der Waals surface area contributed by atoms with Gasteiger partial charge in [-0.25, -0.2) is 9.97 Å². The van der Waals surface area contributed by atoms with E-state index in [9.17, 15) is 0 Å². The third-order valence-corrected chi connectivity index (χ3v) is 5.77. The van der Waals surface area contributed by atoms with Gasteiger partial charge in [0, 0.05) is 31.2 Å². The quantitative estimate of drug-likeness (QED) is 0.320. The third kappa shape index (κ3) is 10.1. The van der Waals surface area contributed by atoms with Gasteiger partial charge >= 0.3 is 0 Å². The topological polar surface area (TPSA) is 44.2 Å². The SMILES string of the molecule is Cc1cnc(-c2ccc(OCCCCOCCCC(CC(C)(C)C)C(C)(C)C)cc2)nc1. The Morgan fingerprint density at radius 3 is 2.00 bits per heavy atom. The molecule has 0 aliphatic rings. The zero-order valence-electron chi connectivity index (χ0n) is 21.4. The van der Waals surface area contributed by atoms with Crippen molar-refractivity contribution >= 4 is 0 Å². The highest BCUT2D eigenvalue weighted by Gasteiger charge is 2.28. The first kappa shape index (κ1) is 26.3. The van der Waals surface area contributed by atoms with E-state index >= 15 is 0 Å². The lowest BCUT2D eigenvalue weighted by atomic mass is 9.70. The molecule has 32 heavy (non-hydrogen) atoms. The van der Waals surface area contributed by atoms with Crippen molar-refractivity contribution in [3.63, 3.8) is 0 Å². The number of aryl methyl sites for hydroxylation is 1. The largest absolute Gasteiger partial charge is 0.494 e. The van der Waals surface area contributed by atoms with Crippen LogP contribution in [0.4, 0.5) is 0 Å². The molecule has 1 aromatic heterocycles. The Kier molecular flexibility index (Phi) is 10.1. The maximum absolute atomic E-state index is 5.88. The summed E-state index contributed by atoms with van der Waals surface area (Å²) in [7, 11) is 0. The van der Waals surface area contributed by atoms with E-state index in [-0.39, 0.29) is 0 Å². The second-order valence-corrected chi connectivity index (χ2v) is 11.2. The molecule has 0 saturated heterocycles. The van der Waals surface area contributed by atoms with Gasteiger partial charge < -0.3 is 9.47 Å². The number of unbranched alkanes of at least 4 members (excludes halogenated alkanes) is 1. The van der Waals surface area contributed by atoms with Crippen LogP contribution in [0.15, 0.2) is 36.7 Å². The monoisotopic (exact) mass is 440 g/mol. The van der Waals surface area contributed by atoms with Gasteiger partial charge in [0.15, 0.2) is 5.82 Å². The van der Waals surface area contributed by atoms with E-state index in [1.807, 2.05) is 43.6 Å². The average molecular weight is 441 g/mol. The second kappa shape index (κ2) is 12.3. The van der Waals surface area contributed by atoms with Gasteiger partial charge in [0.25, 0.3) is 0 Å². The normalized spacial score (nSPS) is 13.2. The minimum Gasteiger partial charge on any atom is -0.494 e. The minimum absolute atomic E-state index is 0.357. The predicted molar refractivity (Wildman–Crippen MR) is 134 cm³/mol. The Morgan fingerprint density at radius 2 is 1.41 bits per heavy atom. The van der Waals surface area contributed by atoms with Crippen LogP contribution in [0.5, 0.6) is 5.75 Å². The molecule has 0 radical (unpaired) electrons. The van der Waals surface area contributed by atoms with Crippen LogP contribution in [0.25, 0.3) is 11.4 Å². The van der Waals surface area contributed by atoms with E-state index in [1.54, 1.807) is 0 Å². The molecule has 0 fully saturated rings. The Balaban J connectivity index is 1.57. The Bertz CT molecular complexity index is 771. The number of nitrogens with zero attached hydrogens (tertiary/aromatic N) is 2. The fourth-order valence-corrected chi connectivity index (χ4v) is 3.85. The summed E-state index contributed by atoms with van der Waals surface area (Å²) in [5.41, 5.74) is 2.80. The Labute approximate surface area is 196 Å². The fraction of sp³-hybridized carbons (Fsp3) is 0.643. The van der Waals surface area contributed by atoms with Crippen LogP contribution in [0, 0.1) is 23.7 Å². The first-order valence-electron chi connectivity index (χ1n) is 12.1. The minimum atomic E-state index is 0.357. The summed E-state index contributed by atoms with van der Waals surface area (Å²) in [6, 6.07) is 7.98. The van der Waals surface area contributed by atoms with E-state index in [2.05, 4.69) is 51.5 Å². The maximum Gasteiger partial charge on any atom is 0.159 e. The first-order valence-corrected chi connectivity index (χ1v) is 12.1. The van der Waals surface area contributed by atoms with Crippen LogP contribution in [-0.2, 0) is 4.74 Å². The molecule has 0 aliphatic heterocycles. The van der Waals surface area contributed by atoms with Gasteiger partial charge in [0.2, 0.25) is 0 Å². The molecule has 4 heteroatoms. The molecule has 1 aromatic carbocycles. The van der Waals surface area contributed by atoms with Crippen molar-refractivity contribution in [2.45, 2.75) is 80.6 Å². The summed E-state index contributed by atoms with van der Waals surface area (Å²) in [4.78, 5) is 8.73. The number of aromatic nitrogens is 2. The Hall–Kier alpha value is -1.94.